The van der Waals surface area contributed by atoms with Crippen molar-refractivity contribution in [3.63, 3.8) is 0 Å². The van der Waals surface area contributed by atoms with E-state index in [0.717, 1.165) is 0 Å². The quantitative estimate of drug-likeness (QED) is 0.333. The van der Waals surface area contributed by atoms with Gasteiger partial charge in [-0.25, -0.2) is 21.2 Å². The van der Waals surface area contributed by atoms with E-state index in [2.05, 4.69) is 0 Å². The fourth-order valence-corrected chi connectivity index (χ4v) is 7.75. The SMILES string of the molecule is CC(c1ccc(-c2ccccc2)c(F)c1)N(S(=O)(=O)c1ccccc1)S(=O)(=O)c1ccccc1. The Morgan fingerprint density at radius 1 is 0.647 bits per heavy atom. The molecular formula is C26H22FNO4S2. The molecule has 4 rings (SSSR count). The van der Waals surface area contributed by atoms with Gasteiger partial charge in [0, 0.05) is 5.56 Å². The molecule has 0 aliphatic rings. The van der Waals surface area contributed by atoms with Gasteiger partial charge in [0.1, 0.15) is 5.82 Å². The third-order valence-corrected chi connectivity index (χ3v) is 9.93. The Bertz CT molecular complexity index is 1420. The summed E-state index contributed by atoms with van der Waals surface area (Å²) >= 11 is 0. The Morgan fingerprint density at radius 2 is 1.09 bits per heavy atom. The maximum Gasteiger partial charge on any atom is 0.256 e. The molecule has 34 heavy (non-hydrogen) atoms. The highest BCUT2D eigenvalue weighted by Crippen LogP contribution is 2.35. The van der Waals surface area contributed by atoms with Crippen LogP contribution in [0.2, 0.25) is 0 Å². The molecule has 0 heterocycles. The van der Waals surface area contributed by atoms with Crippen molar-refractivity contribution in [2.75, 3.05) is 0 Å². The molecule has 5 nitrogen and oxygen atoms in total. The van der Waals surface area contributed by atoms with Crippen molar-refractivity contribution in [2.45, 2.75) is 22.8 Å². The molecule has 4 aromatic rings. The van der Waals surface area contributed by atoms with Crippen molar-refractivity contribution < 1.29 is 21.2 Å². The van der Waals surface area contributed by atoms with Crippen molar-refractivity contribution in [3.05, 3.63) is 121 Å². The maximum absolute atomic E-state index is 15.1. The number of halogens is 1. The van der Waals surface area contributed by atoms with E-state index in [1.165, 1.54) is 67.6 Å². The Kier molecular flexibility index (Phi) is 6.65. The molecule has 1 atom stereocenters. The van der Waals surface area contributed by atoms with Crippen LogP contribution in [0.3, 0.4) is 0 Å². The van der Waals surface area contributed by atoms with Crippen LogP contribution >= 0.6 is 0 Å². The second-order valence-electron chi connectivity index (χ2n) is 7.64. The van der Waals surface area contributed by atoms with Crippen molar-refractivity contribution in [3.8, 4) is 11.1 Å². The molecule has 0 saturated heterocycles. The number of hydrogen-bond donors (Lipinski definition) is 0. The molecule has 0 aliphatic heterocycles. The predicted octanol–water partition coefficient (Wildman–Crippen LogP) is 5.63. The first-order valence-corrected chi connectivity index (χ1v) is 13.4. The van der Waals surface area contributed by atoms with Crippen LogP contribution in [-0.2, 0) is 20.0 Å². The summed E-state index contributed by atoms with van der Waals surface area (Å²) in [5.41, 5.74) is 1.20. The summed E-state index contributed by atoms with van der Waals surface area (Å²) in [6.07, 6.45) is 0. The van der Waals surface area contributed by atoms with Gasteiger partial charge in [-0.2, -0.15) is 0 Å². The van der Waals surface area contributed by atoms with Gasteiger partial charge in [0.2, 0.25) is 0 Å². The molecule has 4 aromatic carbocycles. The molecule has 0 aromatic heterocycles. The van der Waals surface area contributed by atoms with Crippen LogP contribution in [-0.4, -0.2) is 20.5 Å². The topological polar surface area (TPSA) is 71.5 Å². The third-order valence-electron chi connectivity index (χ3n) is 5.43. The molecule has 0 radical (unpaired) electrons. The summed E-state index contributed by atoms with van der Waals surface area (Å²) in [5, 5.41) is 0. The minimum absolute atomic E-state index is 0.178. The molecule has 0 N–H and O–H groups in total. The summed E-state index contributed by atoms with van der Waals surface area (Å²) < 4.78 is 69.9. The zero-order valence-corrected chi connectivity index (χ0v) is 19.9. The second kappa shape index (κ2) is 9.50. The summed E-state index contributed by atoms with van der Waals surface area (Å²) in [5.74, 6) is -0.579. The van der Waals surface area contributed by atoms with Crippen molar-refractivity contribution in [1.29, 1.82) is 0 Å². The predicted molar refractivity (Wildman–Crippen MR) is 129 cm³/mol. The van der Waals surface area contributed by atoms with Gasteiger partial charge in [-0.15, -0.1) is 0 Å². The molecule has 0 bridgehead atoms. The normalized spacial score (nSPS) is 13.0. The van der Waals surface area contributed by atoms with E-state index in [9.17, 15) is 16.8 Å². The first-order valence-electron chi connectivity index (χ1n) is 10.5. The summed E-state index contributed by atoms with van der Waals surface area (Å²) in [4.78, 5) is -0.356. The zero-order chi connectivity index (χ0) is 24.3. The van der Waals surface area contributed by atoms with E-state index in [0.29, 0.717) is 14.8 Å². The Labute approximate surface area is 199 Å². The number of nitrogens with zero attached hydrogens (tertiary/aromatic N) is 1. The van der Waals surface area contributed by atoms with E-state index in [4.69, 9.17) is 0 Å². The van der Waals surface area contributed by atoms with Crippen molar-refractivity contribution in [1.82, 2.24) is 3.71 Å². The largest absolute Gasteiger partial charge is 0.256 e. The van der Waals surface area contributed by atoms with Crippen LogP contribution in [0.15, 0.2) is 119 Å². The average molecular weight is 496 g/mol. The van der Waals surface area contributed by atoms with Gasteiger partial charge in [0.25, 0.3) is 20.0 Å². The molecule has 174 valence electrons. The summed E-state index contributed by atoms with van der Waals surface area (Å²) in [6.45, 7) is 1.43. The van der Waals surface area contributed by atoms with Gasteiger partial charge < -0.3 is 0 Å². The van der Waals surface area contributed by atoms with Gasteiger partial charge >= 0.3 is 0 Å². The Hall–Kier alpha value is -3.33. The van der Waals surface area contributed by atoms with Gasteiger partial charge in [0.05, 0.1) is 15.8 Å². The summed E-state index contributed by atoms with van der Waals surface area (Å²) in [6, 6.07) is 26.6. The van der Waals surface area contributed by atoms with Crippen LogP contribution in [0, 0.1) is 5.82 Å². The number of hydrogen-bond acceptors (Lipinski definition) is 4. The molecule has 1 unspecified atom stereocenters. The number of sulfonamides is 2. The molecule has 0 saturated carbocycles. The minimum atomic E-state index is -4.51. The molecule has 8 heteroatoms. The lowest BCUT2D eigenvalue weighted by Gasteiger charge is -2.28. The first kappa shape index (κ1) is 23.8. The highest BCUT2D eigenvalue weighted by atomic mass is 32.3. The lowest BCUT2D eigenvalue weighted by Crippen LogP contribution is -2.39. The van der Waals surface area contributed by atoms with E-state index in [-0.39, 0.29) is 15.4 Å². The molecule has 0 fully saturated rings. The number of benzene rings is 4. The van der Waals surface area contributed by atoms with Crippen LogP contribution in [0.4, 0.5) is 4.39 Å². The second-order valence-corrected chi connectivity index (χ2v) is 11.5. The van der Waals surface area contributed by atoms with Gasteiger partial charge in [-0.3, -0.25) is 0 Å². The third kappa shape index (κ3) is 4.52. The smallest absolute Gasteiger partial charge is 0.206 e. The van der Waals surface area contributed by atoms with Crippen LogP contribution < -0.4 is 0 Å². The van der Waals surface area contributed by atoms with Gasteiger partial charge in [-0.05, 0) is 48.4 Å². The van der Waals surface area contributed by atoms with Crippen molar-refractivity contribution >= 4 is 20.0 Å². The first-order chi connectivity index (χ1) is 16.2. The fourth-order valence-electron chi connectivity index (χ4n) is 3.70. The van der Waals surface area contributed by atoms with E-state index < -0.39 is 31.9 Å². The number of rotatable bonds is 7. The molecular weight excluding hydrogens is 473 g/mol. The Balaban J connectivity index is 1.85. The molecule has 0 spiro atoms. The minimum Gasteiger partial charge on any atom is -0.206 e. The monoisotopic (exact) mass is 495 g/mol. The molecule has 0 aliphatic carbocycles. The van der Waals surface area contributed by atoms with Gasteiger partial charge in [0.15, 0.2) is 0 Å². The van der Waals surface area contributed by atoms with Crippen molar-refractivity contribution in [2.24, 2.45) is 0 Å². The maximum atomic E-state index is 15.1. The van der Waals surface area contributed by atoms with Gasteiger partial charge in [-0.1, -0.05) is 82.6 Å². The highest BCUT2D eigenvalue weighted by Gasteiger charge is 2.41. The van der Waals surface area contributed by atoms with Crippen LogP contribution in [0.25, 0.3) is 11.1 Å². The van der Waals surface area contributed by atoms with E-state index in [1.54, 1.807) is 42.5 Å². The summed E-state index contributed by atoms with van der Waals surface area (Å²) in [7, 11) is -9.01. The molecule has 0 amide bonds. The van der Waals surface area contributed by atoms with Crippen LogP contribution in [0.1, 0.15) is 18.5 Å². The standard InChI is InChI=1S/C26H22FNO4S2/c1-20(22-17-18-25(26(27)19-22)21-11-5-2-6-12-21)28(33(29,30)23-13-7-3-8-14-23)34(31,32)24-15-9-4-10-16-24/h2-20H,1H3. The highest BCUT2D eigenvalue weighted by molar-refractivity contribution is 8.04. The lowest BCUT2D eigenvalue weighted by molar-refractivity contribution is 0.446. The lowest BCUT2D eigenvalue weighted by atomic mass is 10.0. The van der Waals surface area contributed by atoms with E-state index in [1.807, 2.05) is 6.07 Å². The fraction of sp³-hybridized carbons (Fsp3) is 0.0769. The van der Waals surface area contributed by atoms with E-state index >= 15 is 4.39 Å². The Morgan fingerprint density at radius 3 is 1.53 bits per heavy atom. The zero-order valence-electron chi connectivity index (χ0n) is 18.2. The average Bonchev–Trinajstić information content (AvgIpc) is 2.85. The van der Waals surface area contributed by atoms with Crippen LogP contribution in [0.5, 0.6) is 0 Å².